The number of aromatic carboxylic acids is 1. The van der Waals surface area contributed by atoms with Crippen LogP contribution in [0.15, 0.2) is 12.1 Å². The number of hydrogen-bond acceptors (Lipinski definition) is 3. The zero-order valence-electron chi connectivity index (χ0n) is 9.83. The zero-order valence-corrected chi connectivity index (χ0v) is 10.6. The Kier molecular flexibility index (Phi) is 4.78. The molecule has 1 aromatic rings. The normalized spacial score (nSPS) is 12.2. The van der Waals surface area contributed by atoms with E-state index in [1.165, 1.54) is 0 Å². The van der Waals surface area contributed by atoms with Crippen LogP contribution in [-0.4, -0.2) is 34.7 Å². The summed E-state index contributed by atoms with van der Waals surface area (Å²) in [4.78, 5) is 11.1. The third kappa shape index (κ3) is 3.61. The van der Waals surface area contributed by atoms with Gasteiger partial charge in [0.15, 0.2) is 0 Å². The maximum absolute atomic E-state index is 11.1. The predicted octanol–water partition coefficient (Wildman–Crippen LogP) is 2.01. The minimum atomic E-state index is -0.986. The van der Waals surface area contributed by atoms with Crippen LogP contribution < -0.4 is 5.32 Å². The van der Waals surface area contributed by atoms with E-state index in [0.717, 1.165) is 11.1 Å². The highest BCUT2D eigenvalue weighted by Gasteiger charge is 2.14. The highest BCUT2D eigenvalue weighted by Crippen LogP contribution is 2.22. The SMILES string of the molecule is Cc1cc(C)c(NCC(O)CCl)c(C(=O)O)c1. The van der Waals surface area contributed by atoms with Crippen molar-refractivity contribution in [2.24, 2.45) is 0 Å². The van der Waals surface area contributed by atoms with Crippen LogP contribution in [0, 0.1) is 13.8 Å². The molecule has 0 spiro atoms. The van der Waals surface area contributed by atoms with Crippen molar-refractivity contribution in [3.8, 4) is 0 Å². The van der Waals surface area contributed by atoms with Crippen molar-refractivity contribution in [3.05, 3.63) is 28.8 Å². The Morgan fingerprint density at radius 2 is 2.12 bits per heavy atom. The first-order valence-corrected chi connectivity index (χ1v) is 5.81. The Morgan fingerprint density at radius 1 is 1.47 bits per heavy atom. The molecular weight excluding hydrogens is 242 g/mol. The van der Waals surface area contributed by atoms with Gasteiger partial charge in [0, 0.05) is 6.54 Å². The molecule has 0 amide bonds. The van der Waals surface area contributed by atoms with Crippen LogP contribution >= 0.6 is 11.6 Å². The van der Waals surface area contributed by atoms with Crippen LogP contribution in [0.4, 0.5) is 5.69 Å². The van der Waals surface area contributed by atoms with Crippen LogP contribution in [0.2, 0.25) is 0 Å². The van der Waals surface area contributed by atoms with E-state index in [2.05, 4.69) is 5.32 Å². The summed E-state index contributed by atoms with van der Waals surface area (Å²) in [6, 6.07) is 3.49. The number of aryl methyl sites for hydroxylation is 2. The summed E-state index contributed by atoms with van der Waals surface area (Å²) in [5, 5.41) is 21.4. The highest BCUT2D eigenvalue weighted by molar-refractivity contribution is 6.18. The van der Waals surface area contributed by atoms with Crippen LogP contribution in [0.25, 0.3) is 0 Å². The van der Waals surface area contributed by atoms with Gasteiger partial charge in [-0.2, -0.15) is 0 Å². The lowest BCUT2D eigenvalue weighted by molar-refractivity contribution is 0.0697. The van der Waals surface area contributed by atoms with Gasteiger partial charge in [-0.1, -0.05) is 6.07 Å². The van der Waals surface area contributed by atoms with Crippen molar-refractivity contribution in [2.75, 3.05) is 17.7 Å². The van der Waals surface area contributed by atoms with Gasteiger partial charge in [0.1, 0.15) is 0 Å². The number of hydrogen-bond donors (Lipinski definition) is 3. The third-order valence-corrected chi connectivity index (χ3v) is 2.76. The van der Waals surface area contributed by atoms with Crippen molar-refractivity contribution in [1.29, 1.82) is 0 Å². The van der Waals surface area contributed by atoms with Crippen molar-refractivity contribution in [2.45, 2.75) is 20.0 Å². The largest absolute Gasteiger partial charge is 0.478 e. The van der Waals surface area contributed by atoms with Gasteiger partial charge < -0.3 is 15.5 Å². The lowest BCUT2D eigenvalue weighted by Gasteiger charge is -2.15. The maximum atomic E-state index is 11.1. The second kappa shape index (κ2) is 5.89. The number of carboxylic acid groups (broad SMARTS) is 1. The van der Waals surface area contributed by atoms with Gasteiger partial charge in [-0.05, 0) is 31.0 Å². The van der Waals surface area contributed by atoms with E-state index in [4.69, 9.17) is 16.7 Å². The first kappa shape index (κ1) is 13.8. The Morgan fingerprint density at radius 3 is 2.65 bits per heavy atom. The molecule has 17 heavy (non-hydrogen) atoms. The van der Waals surface area contributed by atoms with Crippen LogP contribution in [0.3, 0.4) is 0 Å². The number of aliphatic hydroxyl groups excluding tert-OH is 1. The van der Waals surface area contributed by atoms with Gasteiger partial charge in [0.25, 0.3) is 0 Å². The van der Waals surface area contributed by atoms with E-state index in [-0.39, 0.29) is 18.0 Å². The molecule has 94 valence electrons. The molecule has 0 aliphatic heterocycles. The number of alkyl halides is 1. The molecule has 1 atom stereocenters. The molecule has 0 heterocycles. The van der Waals surface area contributed by atoms with Crippen molar-refractivity contribution in [3.63, 3.8) is 0 Å². The fraction of sp³-hybridized carbons (Fsp3) is 0.417. The number of carboxylic acids is 1. The molecule has 3 N–H and O–H groups in total. The lowest BCUT2D eigenvalue weighted by Crippen LogP contribution is -2.22. The monoisotopic (exact) mass is 257 g/mol. The second-order valence-electron chi connectivity index (χ2n) is 4.00. The standard InChI is InChI=1S/C12H16ClNO3/c1-7-3-8(2)11(10(4-7)12(16)17)14-6-9(15)5-13/h3-4,9,14-15H,5-6H2,1-2H3,(H,16,17). The minimum Gasteiger partial charge on any atom is -0.478 e. The van der Waals surface area contributed by atoms with E-state index >= 15 is 0 Å². The molecule has 1 unspecified atom stereocenters. The number of rotatable bonds is 5. The number of carbonyl (C=O) groups is 1. The van der Waals surface area contributed by atoms with Crippen molar-refractivity contribution < 1.29 is 15.0 Å². The summed E-state index contributed by atoms with van der Waals surface area (Å²) in [5.41, 5.74) is 2.48. The summed E-state index contributed by atoms with van der Waals surface area (Å²) < 4.78 is 0. The molecule has 0 bridgehead atoms. The number of anilines is 1. The van der Waals surface area contributed by atoms with E-state index < -0.39 is 12.1 Å². The van der Waals surface area contributed by atoms with Gasteiger partial charge in [0.05, 0.1) is 23.2 Å². The van der Waals surface area contributed by atoms with Gasteiger partial charge in [-0.15, -0.1) is 11.6 Å². The smallest absolute Gasteiger partial charge is 0.337 e. The zero-order chi connectivity index (χ0) is 13.0. The number of nitrogens with one attached hydrogen (secondary N) is 1. The number of halogens is 1. The average Bonchev–Trinajstić information content (AvgIpc) is 2.26. The third-order valence-electron chi connectivity index (χ3n) is 2.40. The molecule has 1 aromatic carbocycles. The van der Waals surface area contributed by atoms with Crippen molar-refractivity contribution in [1.82, 2.24) is 0 Å². The topological polar surface area (TPSA) is 69.6 Å². The molecule has 4 nitrogen and oxygen atoms in total. The molecule has 0 radical (unpaired) electrons. The molecule has 5 heteroatoms. The van der Waals surface area contributed by atoms with Crippen molar-refractivity contribution >= 4 is 23.3 Å². The van der Waals surface area contributed by atoms with Gasteiger partial charge in [-0.3, -0.25) is 0 Å². The summed E-state index contributed by atoms with van der Waals surface area (Å²) >= 11 is 5.48. The van der Waals surface area contributed by atoms with E-state index in [1.54, 1.807) is 6.07 Å². The molecule has 0 fully saturated rings. The van der Waals surface area contributed by atoms with Crippen LogP contribution in [-0.2, 0) is 0 Å². The predicted molar refractivity (Wildman–Crippen MR) is 68.1 cm³/mol. The van der Waals surface area contributed by atoms with Gasteiger partial charge in [0.2, 0.25) is 0 Å². The van der Waals surface area contributed by atoms with Gasteiger partial charge in [-0.25, -0.2) is 4.79 Å². The fourth-order valence-electron chi connectivity index (χ4n) is 1.65. The van der Waals surface area contributed by atoms with E-state index in [1.807, 2.05) is 19.9 Å². The molecule has 0 saturated heterocycles. The second-order valence-corrected chi connectivity index (χ2v) is 4.31. The first-order chi connectivity index (χ1) is 7.95. The quantitative estimate of drug-likeness (QED) is 0.706. The number of aliphatic hydroxyl groups is 1. The van der Waals surface area contributed by atoms with E-state index in [9.17, 15) is 9.90 Å². The lowest BCUT2D eigenvalue weighted by atomic mass is 10.0. The Bertz CT molecular complexity index is 420. The minimum absolute atomic E-state index is 0.111. The summed E-state index contributed by atoms with van der Waals surface area (Å²) in [5.74, 6) is -0.875. The van der Waals surface area contributed by atoms with Crippen LogP contribution in [0.5, 0.6) is 0 Å². The Labute approximate surface area is 105 Å². The Hall–Kier alpha value is -1.26. The molecule has 0 aliphatic carbocycles. The average molecular weight is 258 g/mol. The number of benzene rings is 1. The first-order valence-electron chi connectivity index (χ1n) is 5.28. The molecule has 0 aliphatic rings. The molecule has 0 saturated carbocycles. The summed E-state index contributed by atoms with van der Waals surface area (Å²) in [7, 11) is 0. The summed E-state index contributed by atoms with van der Waals surface area (Å²) in [6.07, 6.45) is -0.695. The molecular formula is C12H16ClNO3. The maximum Gasteiger partial charge on any atom is 0.337 e. The Balaban J connectivity index is 3.00. The van der Waals surface area contributed by atoms with Gasteiger partial charge >= 0.3 is 5.97 Å². The molecule has 0 aromatic heterocycles. The van der Waals surface area contributed by atoms with Crippen LogP contribution in [0.1, 0.15) is 21.5 Å². The van der Waals surface area contributed by atoms with E-state index in [0.29, 0.717) is 5.69 Å². The fourth-order valence-corrected chi connectivity index (χ4v) is 1.75. The molecule has 1 rings (SSSR count). The highest BCUT2D eigenvalue weighted by atomic mass is 35.5. The summed E-state index contributed by atoms with van der Waals surface area (Å²) in [6.45, 7) is 3.90.